The summed E-state index contributed by atoms with van der Waals surface area (Å²) in [5.74, 6) is -0.879. The van der Waals surface area contributed by atoms with E-state index in [-0.39, 0.29) is 5.91 Å². The smallest absolute Gasteiger partial charge is 0.306 e. The maximum absolute atomic E-state index is 11.7. The first kappa shape index (κ1) is 16.8. The molecule has 21 heavy (non-hydrogen) atoms. The topological polar surface area (TPSA) is 75.6 Å². The molecule has 0 radical (unpaired) electrons. The van der Waals surface area contributed by atoms with Gasteiger partial charge in [-0.1, -0.05) is 18.6 Å². The zero-order valence-electron chi connectivity index (χ0n) is 12.6. The summed E-state index contributed by atoms with van der Waals surface area (Å²) < 4.78 is 5.22. The number of rotatable bonds is 7. The monoisotopic (exact) mass is 291 g/mol. The van der Waals surface area contributed by atoms with E-state index < -0.39 is 11.9 Å². The highest BCUT2D eigenvalue weighted by Gasteiger charge is 2.10. The van der Waals surface area contributed by atoms with Crippen molar-refractivity contribution >= 4 is 18.0 Å². The fourth-order valence-electron chi connectivity index (χ4n) is 1.74. The number of amides is 1. The van der Waals surface area contributed by atoms with Crippen molar-refractivity contribution < 1.29 is 19.4 Å². The normalized spacial score (nSPS) is 12.1. The van der Waals surface area contributed by atoms with Crippen molar-refractivity contribution in [3.63, 3.8) is 0 Å². The Balaban J connectivity index is 2.54. The molecule has 1 rings (SSSR count). The third-order valence-corrected chi connectivity index (χ3v) is 3.10. The highest BCUT2D eigenvalue weighted by atomic mass is 16.5. The van der Waals surface area contributed by atoms with Crippen molar-refractivity contribution in [2.45, 2.75) is 20.3 Å². The van der Waals surface area contributed by atoms with Crippen molar-refractivity contribution in [3.8, 4) is 5.75 Å². The Morgan fingerprint density at radius 3 is 2.76 bits per heavy atom. The molecular weight excluding hydrogens is 270 g/mol. The number of aryl methyl sites for hydroxylation is 1. The number of ether oxygens (including phenoxy) is 1. The lowest BCUT2D eigenvalue weighted by Gasteiger charge is -2.07. The number of hydrogen-bond acceptors (Lipinski definition) is 3. The largest absolute Gasteiger partial charge is 0.496 e. The summed E-state index contributed by atoms with van der Waals surface area (Å²) in [5, 5.41) is 11.4. The van der Waals surface area contributed by atoms with Gasteiger partial charge in [0.15, 0.2) is 0 Å². The van der Waals surface area contributed by atoms with Gasteiger partial charge in [0.05, 0.1) is 13.0 Å². The Labute approximate surface area is 124 Å². The molecule has 1 atom stereocenters. The Kier molecular flexibility index (Phi) is 6.46. The van der Waals surface area contributed by atoms with Crippen molar-refractivity contribution in [2.24, 2.45) is 5.92 Å². The summed E-state index contributed by atoms with van der Waals surface area (Å²) in [6, 6.07) is 5.71. The fourth-order valence-corrected chi connectivity index (χ4v) is 1.74. The highest BCUT2D eigenvalue weighted by molar-refractivity contribution is 5.92. The van der Waals surface area contributed by atoms with Gasteiger partial charge in [-0.25, -0.2) is 0 Å². The minimum Gasteiger partial charge on any atom is -0.496 e. The lowest BCUT2D eigenvalue weighted by atomic mass is 10.1. The van der Waals surface area contributed by atoms with E-state index in [1.807, 2.05) is 25.1 Å². The third-order valence-electron chi connectivity index (χ3n) is 3.10. The quantitative estimate of drug-likeness (QED) is 0.755. The van der Waals surface area contributed by atoms with Crippen molar-refractivity contribution in [3.05, 3.63) is 35.4 Å². The van der Waals surface area contributed by atoms with Gasteiger partial charge < -0.3 is 15.2 Å². The highest BCUT2D eigenvalue weighted by Crippen LogP contribution is 2.20. The molecule has 0 saturated carbocycles. The summed E-state index contributed by atoms with van der Waals surface area (Å²) in [6.45, 7) is 3.91. The van der Waals surface area contributed by atoms with Gasteiger partial charge in [-0.15, -0.1) is 0 Å². The molecule has 1 unspecified atom stereocenters. The van der Waals surface area contributed by atoms with E-state index in [1.165, 1.54) is 6.08 Å². The molecule has 1 aromatic rings. The molecule has 2 N–H and O–H groups in total. The van der Waals surface area contributed by atoms with Gasteiger partial charge in [0, 0.05) is 18.2 Å². The second-order valence-electron chi connectivity index (χ2n) is 4.90. The Morgan fingerprint density at radius 2 is 2.14 bits per heavy atom. The first-order valence-electron chi connectivity index (χ1n) is 6.77. The van der Waals surface area contributed by atoms with E-state index in [9.17, 15) is 9.59 Å². The summed E-state index contributed by atoms with van der Waals surface area (Å²) >= 11 is 0. The average molecular weight is 291 g/mol. The van der Waals surface area contributed by atoms with E-state index in [1.54, 1.807) is 20.1 Å². The molecule has 0 saturated heterocycles. The van der Waals surface area contributed by atoms with Crippen LogP contribution >= 0.6 is 0 Å². The van der Waals surface area contributed by atoms with Gasteiger partial charge in [-0.2, -0.15) is 0 Å². The lowest BCUT2D eigenvalue weighted by molar-refractivity contribution is -0.141. The van der Waals surface area contributed by atoms with E-state index in [2.05, 4.69) is 5.32 Å². The Bertz CT molecular complexity index is 537. The van der Waals surface area contributed by atoms with Gasteiger partial charge in [0.25, 0.3) is 0 Å². The van der Waals surface area contributed by atoms with Crippen LogP contribution in [0.2, 0.25) is 0 Å². The fraction of sp³-hybridized carbons (Fsp3) is 0.375. The molecule has 1 aromatic carbocycles. The summed E-state index contributed by atoms with van der Waals surface area (Å²) in [5.41, 5.74) is 1.90. The SMILES string of the molecule is COc1ccc(C)cc1/C=C/C(=O)NCCC(C)C(=O)O. The van der Waals surface area contributed by atoms with Gasteiger partial charge in [0.1, 0.15) is 5.75 Å². The molecule has 0 spiro atoms. The summed E-state index contributed by atoms with van der Waals surface area (Å²) in [6.07, 6.45) is 3.51. The van der Waals surface area contributed by atoms with Crippen LogP contribution in [0.4, 0.5) is 0 Å². The molecule has 1 amide bonds. The molecule has 0 aliphatic heterocycles. The van der Waals surface area contributed by atoms with Crippen LogP contribution in [-0.4, -0.2) is 30.6 Å². The summed E-state index contributed by atoms with van der Waals surface area (Å²) in [7, 11) is 1.58. The number of methoxy groups -OCH3 is 1. The minimum atomic E-state index is -0.857. The van der Waals surface area contributed by atoms with E-state index in [0.29, 0.717) is 18.7 Å². The van der Waals surface area contributed by atoms with Crippen LogP contribution in [-0.2, 0) is 9.59 Å². The number of aliphatic carboxylic acids is 1. The standard InChI is InChI=1S/C16H21NO4/c1-11-4-6-14(21-3)13(10-11)5-7-15(18)17-9-8-12(2)16(19)20/h4-7,10,12H,8-9H2,1-3H3,(H,17,18)(H,19,20)/b7-5+. The van der Waals surface area contributed by atoms with E-state index in [4.69, 9.17) is 9.84 Å². The van der Waals surface area contributed by atoms with Crippen LogP contribution in [0, 0.1) is 12.8 Å². The Morgan fingerprint density at radius 1 is 1.43 bits per heavy atom. The number of carbonyl (C=O) groups is 2. The molecule has 0 bridgehead atoms. The zero-order chi connectivity index (χ0) is 15.8. The third kappa shape index (κ3) is 5.69. The number of hydrogen-bond donors (Lipinski definition) is 2. The van der Waals surface area contributed by atoms with Gasteiger partial charge in [-0.05, 0) is 31.6 Å². The molecule has 0 aromatic heterocycles. The molecule has 114 valence electrons. The number of carbonyl (C=O) groups excluding carboxylic acids is 1. The molecular formula is C16H21NO4. The predicted molar refractivity (Wildman–Crippen MR) is 81.2 cm³/mol. The van der Waals surface area contributed by atoms with Crippen molar-refractivity contribution in [1.82, 2.24) is 5.32 Å². The van der Waals surface area contributed by atoms with Gasteiger partial charge in [-0.3, -0.25) is 9.59 Å². The van der Waals surface area contributed by atoms with Crippen LogP contribution < -0.4 is 10.1 Å². The predicted octanol–water partition coefficient (Wildman–Crippen LogP) is 2.24. The number of benzene rings is 1. The number of nitrogens with one attached hydrogen (secondary N) is 1. The van der Waals surface area contributed by atoms with Gasteiger partial charge >= 0.3 is 5.97 Å². The maximum Gasteiger partial charge on any atom is 0.306 e. The van der Waals surface area contributed by atoms with Crippen LogP contribution in [0.15, 0.2) is 24.3 Å². The number of carboxylic acid groups (broad SMARTS) is 1. The molecule has 0 aliphatic carbocycles. The number of carboxylic acids is 1. The minimum absolute atomic E-state index is 0.254. The van der Waals surface area contributed by atoms with Crippen LogP contribution in [0.3, 0.4) is 0 Å². The van der Waals surface area contributed by atoms with E-state index in [0.717, 1.165) is 11.1 Å². The van der Waals surface area contributed by atoms with Gasteiger partial charge in [0.2, 0.25) is 5.91 Å². The van der Waals surface area contributed by atoms with Crippen LogP contribution in [0.1, 0.15) is 24.5 Å². The van der Waals surface area contributed by atoms with Crippen LogP contribution in [0.5, 0.6) is 5.75 Å². The summed E-state index contributed by atoms with van der Waals surface area (Å²) in [4.78, 5) is 22.3. The lowest BCUT2D eigenvalue weighted by Crippen LogP contribution is -2.25. The Hall–Kier alpha value is -2.30. The molecule has 5 nitrogen and oxygen atoms in total. The second kappa shape index (κ2) is 8.09. The van der Waals surface area contributed by atoms with Crippen LogP contribution in [0.25, 0.3) is 6.08 Å². The van der Waals surface area contributed by atoms with Crippen molar-refractivity contribution in [1.29, 1.82) is 0 Å². The first-order valence-corrected chi connectivity index (χ1v) is 6.77. The average Bonchev–Trinajstić information content (AvgIpc) is 2.45. The molecule has 0 fully saturated rings. The molecule has 0 heterocycles. The molecule has 5 heteroatoms. The second-order valence-corrected chi connectivity index (χ2v) is 4.90. The first-order chi connectivity index (χ1) is 9.93. The maximum atomic E-state index is 11.7. The van der Waals surface area contributed by atoms with E-state index >= 15 is 0 Å². The zero-order valence-corrected chi connectivity index (χ0v) is 12.6. The van der Waals surface area contributed by atoms with Crippen molar-refractivity contribution in [2.75, 3.05) is 13.7 Å². The molecule has 0 aliphatic rings.